The summed E-state index contributed by atoms with van der Waals surface area (Å²) in [5.41, 5.74) is 2.79. The molecular weight excluding hydrogens is 232 g/mol. The maximum absolute atomic E-state index is 10.6. The molecule has 4 heteroatoms. The third-order valence-electron chi connectivity index (χ3n) is 2.29. The molecule has 3 nitrogen and oxygen atoms in total. The molecule has 0 unspecified atom stereocenters. The molecule has 1 aromatic heterocycles. The van der Waals surface area contributed by atoms with Crippen LogP contribution in [-0.2, 0) is 0 Å². The summed E-state index contributed by atoms with van der Waals surface area (Å²) in [5.74, 6) is 0. The molecule has 0 aliphatic heterocycles. The summed E-state index contributed by atoms with van der Waals surface area (Å²) in [6.45, 7) is 3.93. The molecule has 2 rings (SSSR count). The van der Waals surface area contributed by atoms with Gasteiger partial charge in [0.2, 0.25) is 0 Å². The van der Waals surface area contributed by atoms with Gasteiger partial charge in [-0.1, -0.05) is 6.07 Å². The quantitative estimate of drug-likeness (QED) is 0.614. The first-order valence-corrected chi connectivity index (χ1v) is 6.03. The average Bonchev–Trinajstić information content (AvgIpc) is 2.34. The molecule has 0 atom stereocenters. The lowest BCUT2D eigenvalue weighted by atomic mass is 10.2. The van der Waals surface area contributed by atoms with E-state index in [-0.39, 0.29) is 0 Å². The monoisotopic (exact) mass is 244 g/mol. The van der Waals surface area contributed by atoms with Crippen LogP contribution >= 0.6 is 11.8 Å². The number of aldehydes is 1. The minimum Gasteiger partial charge on any atom is -0.298 e. The van der Waals surface area contributed by atoms with E-state index in [2.05, 4.69) is 9.97 Å². The minimum atomic E-state index is 0.691. The Hall–Kier alpha value is -1.68. The fraction of sp³-hybridized carbons (Fsp3) is 0.154. The first kappa shape index (κ1) is 11.8. The topological polar surface area (TPSA) is 42.9 Å². The second-order valence-electron chi connectivity index (χ2n) is 3.79. The van der Waals surface area contributed by atoms with Gasteiger partial charge in [-0.15, -0.1) is 0 Å². The number of hydrogen-bond donors (Lipinski definition) is 0. The Balaban J connectivity index is 2.24. The van der Waals surface area contributed by atoms with Crippen LogP contribution in [0.1, 0.15) is 21.5 Å². The Labute approximate surface area is 104 Å². The Morgan fingerprint density at radius 3 is 2.47 bits per heavy atom. The van der Waals surface area contributed by atoms with Crippen molar-refractivity contribution in [1.82, 2.24) is 9.97 Å². The number of aromatic nitrogens is 2. The second kappa shape index (κ2) is 5.10. The van der Waals surface area contributed by atoms with Gasteiger partial charge in [-0.05, 0) is 48.9 Å². The zero-order chi connectivity index (χ0) is 12.3. The van der Waals surface area contributed by atoms with E-state index in [1.54, 1.807) is 18.5 Å². The maximum atomic E-state index is 10.6. The van der Waals surface area contributed by atoms with E-state index in [1.807, 2.05) is 26.0 Å². The molecule has 0 fully saturated rings. The fourth-order valence-corrected chi connectivity index (χ4v) is 2.16. The van der Waals surface area contributed by atoms with Crippen LogP contribution in [0, 0.1) is 13.8 Å². The van der Waals surface area contributed by atoms with Gasteiger partial charge < -0.3 is 0 Å². The van der Waals surface area contributed by atoms with Crippen molar-refractivity contribution in [1.29, 1.82) is 0 Å². The van der Waals surface area contributed by atoms with Crippen LogP contribution in [0.2, 0.25) is 0 Å². The summed E-state index contributed by atoms with van der Waals surface area (Å²) in [4.78, 5) is 20.2. The van der Waals surface area contributed by atoms with Gasteiger partial charge in [0.15, 0.2) is 5.16 Å². The van der Waals surface area contributed by atoms with Crippen LogP contribution in [-0.4, -0.2) is 16.3 Å². The minimum absolute atomic E-state index is 0.691. The van der Waals surface area contributed by atoms with Gasteiger partial charge in [-0.2, -0.15) is 0 Å². The number of benzene rings is 1. The zero-order valence-corrected chi connectivity index (χ0v) is 10.5. The largest absolute Gasteiger partial charge is 0.298 e. The van der Waals surface area contributed by atoms with Crippen molar-refractivity contribution in [2.45, 2.75) is 23.9 Å². The van der Waals surface area contributed by atoms with Gasteiger partial charge in [-0.3, -0.25) is 4.79 Å². The Bertz CT molecular complexity index is 538. The molecule has 0 aliphatic carbocycles. The van der Waals surface area contributed by atoms with Gasteiger partial charge in [0.1, 0.15) is 6.29 Å². The van der Waals surface area contributed by atoms with E-state index in [4.69, 9.17) is 0 Å². The van der Waals surface area contributed by atoms with E-state index in [9.17, 15) is 4.79 Å². The summed E-state index contributed by atoms with van der Waals surface area (Å²) in [5, 5.41) is 0.720. The molecule has 0 aliphatic rings. The van der Waals surface area contributed by atoms with Crippen molar-refractivity contribution in [3.8, 4) is 0 Å². The van der Waals surface area contributed by atoms with Crippen LogP contribution in [0.4, 0.5) is 0 Å². The molecule has 0 amide bonds. The molecule has 0 saturated carbocycles. The molecule has 1 heterocycles. The predicted molar refractivity (Wildman–Crippen MR) is 67.5 cm³/mol. The highest BCUT2D eigenvalue weighted by Gasteiger charge is 2.04. The highest BCUT2D eigenvalue weighted by molar-refractivity contribution is 7.99. The third-order valence-corrected chi connectivity index (χ3v) is 3.36. The van der Waals surface area contributed by atoms with Crippen molar-refractivity contribution in [2.24, 2.45) is 0 Å². The summed E-state index contributed by atoms with van der Waals surface area (Å²) in [6.07, 6.45) is 4.44. The van der Waals surface area contributed by atoms with Gasteiger partial charge in [0.05, 0.1) is 0 Å². The maximum Gasteiger partial charge on any atom is 0.192 e. The number of hydrogen-bond acceptors (Lipinski definition) is 4. The first-order chi connectivity index (χ1) is 8.19. The lowest BCUT2D eigenvalue weighted by Gasteiger charge is -2.04. The predicted octanol–water partition coefficient (Wildman–Crippen LogP) is 3.06. The van der Waals surface area contributed by atoms with E-state index in [1.165, 1.54) is 11.8 Å². The molecule has 0 radical (unpaired) electrons. The van der Waals surface area contributed by atoms with E-state index >= 15 is 0 Å². The van der Waals surface area contributed by atoms with E-state index in [0.717, 1.165) is 27.5 Å². The molecule has 86 valence electrons. The van der Waals surface area contributed by atoms with Crippen LogP contribution in [0.15, 0.2) is 40.6 Å². The zero-order valence-electron chi connectivity index (χ0n) is 9.68. The van der Waals surface area contributed by atoms with Gasteiger partial charge >= 0.3 is 0 Å². The number of nitrogens with zero attached hydrogens (tertiary/aromatic N) is 2. The van der Waals surface area contributed by atoms with Crippen LogP contribution in [0.25, 0.3) is 0 Å². The first-order valence-electron chi connectivity index (χ1n) is 5.21. The molecular formula is C13H12N2OS. The van der Waals surface area contributed by atoms with Crippen LogP contribution < -0.4 is 0 Å². The van der Waals surface area contributed by atoms with Crippen molar-refractivity contribution >= 4 is 18.0 Å². The smallest absolute Gasteiger partial charge is 0.192 e. The SMILES string of the molecule is Cc1cnc(Sc2ccc(C=O)cc2C)nc1. The van der Waals surface area contributed by atoms with Crippen molar-refractivity contribution < 1.29 is 4.79 Å². The Kier molecular flexibility index (Phi) is 3.54. The molecule has 1 aromatic carbocycles. The lowest BCUT2D eigenvalue weighted by molar-refractivity contribution is 0.112. The Morgan fingerprint density at radius 2 is 1.88 bits per heavy atom. The molecule has 17 heavy (non-hydrogen) atoms. The third kappa shape index (κ3) is 2.91. The van der Waals surface area contributed by atoms with Crippen LogP contribution in [0.5, 0.6) is 0 Å². The summed E-state index contributed by atoms with van der Waals surface area (Å²) in [6, 6.07) is 5.59. The van der Waals surface area contributed by atoms with Gasteiger partial charge in [-0.25, -0.2) is 9.97 Å². The highest BCUT2D eigenvalue weighted by Crippen LogP contribution is 2.27. The molecule has 0 N–H and O–H groups in total. The van der Waals surface area contributed by atoms with Gasteiger partial charge in [0.25, 0.3) is 0 Å². The normalized spacial score (nSPS) is 10.2. The highest BCUT2D eigenvalue weighted by atomic mass is 32.2. The number of carbonyl (C=O) groups excluding carboxylic acids is 1. The fourth-order valence-electron chi connectivity index (χ4n) is 1.39. The number of rotatable bonds is 3. The molecule has 0 saturated heterocycles. The van der Waals surface area contributed by atoms with Crippen LogP contribution in [0.3, 0.4) is 0 Å². The number of aryl methyl sites for hydroxylation is 2. The standard InChI is InChI=1S/C13H12N2OS/c1-9-6-14-13(15-7-9)17-12-4-3-11(8-16)5-10(12)2/h3-8H,1-2H3. The van der Waals surface area contributed by atoms with Crippen molar-refractivity contribution in [2.75, 3.05) is 0 Å². The molecule has 0 bridgehead atoms. The summed E-state index contributed by atoms with van der Waals surface area (Å²) >= 11 is 1.50. The molecule has 0 spiro atoms. The average molecular weight is 244 g/mol. The lowest BCUT2D eigenvalue weighted by Crippen LogP contribution is -1.89. The van der Waals surface area contributed by atoms with E-state index in [0.29, 0.717) is 5.56 Å². The van der Waals surface area contributed by atoms with Crippen molar-refractivity contribution in [3.63, 3.8) is 0 Å². The number of carbonyl (C=O) groups is 1. The van der Waals surface area contributed by atoms with Gasteiger partial charge in [0, 0.05) is 22.9 Å². The summed E-state index contributed by atoms with van der Waals surface area (Å²) < 4.78 is 0. The van der Waals surface area contributed by atoms with E-state index < -0.39 is 0 Å². The second-order valence-corrected chi connectivity index (χ2v) is 4.80. The summed E-state index contributed by atoms with van der Waals surface area (Å²) in [7, 11) is 0. The molecule has 2 aromatic rings. The Morgan fingerprint density at radius 1 is 1.18 bits per heavy atom. The van der Waals surface area contributed by atoms with Crippen molar-refractivity contribution in [3.05, 3.63) is 47.3 Å².